The average molecular weight is 318 g/mol. The van der Waals surface area contributed by atoms with Crippen LogP contribution in [0.2, 0.25) is 0 Å². The molecule has 1 rings (SSSR count). The van der Waals surface area contributed by atoms with Gasteiger partial charge in [0.25, 0.3) is 0 Å². The minimum absolute atomic E-state index is 0.477. The Kier molecular flexibility index (Phi) is 6.62. The predicted molar refractivity (Wildman–Crippen MR) is 75.4 cm³/mol. The van der Waals surface area contributed by atoms with Gasteiger partial charge in [0.05, 0.1) is 0 Å². The van der Waals surface area contributed by atoms with Crippen LogP contribution in [-0.2, 0) is 11.3 Å². The summed E-state index contributed by atoms with van der Waals surface area (Å²) < 4.78 is 1.00. The second-order valence-corrected chi connectivity index (χ2v) is 5.48. The average Bonchev–Trinajstić information content (AvgIpc) is 2.31. The summed E-state index contributed by atoms with van der Waals surface area (Å²) in [4.78, 5) is 11.0. The smallest absolute Gasteiger partial charge is 0.320 e. The third kappa shape index (κ3) is 5.10. The molecule has 0 spiro atoms. The number of hydrogen-bond acceptors (Lipinski definition) is 3. The van der Waals surface area contributed by atoms with Gasteiger partial charge in [0.15, 0.2) is 0 Å². The van der Waals surface area contributed by atoms with Gasteiger partial charge in [-0.15, -0.1) is 0 Å². The molecule has 0 amide bonds. The molecular formula is C12H16BrNO2S. The van der Waals surface area contributed by atoms with Crippen LogP contribution in [0.15, 0.2) is 28.7 Å². The Morgan fingerprint density at radius 1 is 1.53 bits per heavy atom. The van der Waals surface area contributed by atoms with Gasteiger partial charge in [-0.2, -0.15) is 11.8 Å². The van der Waals surface area contributed by atoms with E-state index >= 15 is 0 Å². The molecule has 1 unspecified atom stereocenters. The molecular weight excluding hydrogens is 302 g/mol. The highest BCUT2D eigenvalue weighted by Crippen LogP contribution is 2.15. The molecule has 1 atom stereocenters. The largest absolute Gasteiger partial charge is 0.480 e. The lowest BCUT2D eigenvalue weighted by molar-refractivity contribution is -0.139. The second kappa shape index (κ2) is 7.74. The van der Waals surface area contributed by atoms with Gasteiger partial charge in [-0.1, -0.05) is 34.1 Å². The molecule has 1 aromatic carbocycles. The van der Waals surface area contributed by atoms with Crippen molar-refractivity contribution in [1.82, 2.24) is 5.32 Å². The monoisotopic (exact) mass is 317 g/mol. The standard InChI is InChI=1S/C12H16BrNO2S/c1-17-7-6-11(12(15)16)14-8-9-4-2-3-5-10(9)13/h2-5,11,14H,6-8H2,1H3,(H,15,16). The molecule has 0 radical (unpaired) electrons. The first-order valence-corrected chi connectivity index (χ1v) is 7.52. The number of carboxylic acids is 1. The van der Waals surface area contributed by atoms with E-state index < -0.39 is 12.0 Å². The summed E-state index contributed by atoms with van der Waals surface area (Å²) >= 11 is 5.10. The van der Waals surface area contributed by atoms with Crippen molar-refractivity contribution in [2.75, 3.05) is 12.0 Å². The molecule has 0 aliphatic heterocycles. The minimum Gasteiger partial charge on any atom is -0.480 e. The second-order valence-electron chi connectivity index (χ2n) is 3.64. The zero-order chi connectivity index (χ0) is 12.7. The van der Waals surface area contributed by atoms with Gasteiger partial charge in [-0.25, -0.2) is 0 Å². The molecule has 0 aliphatic carbocycles. The van der Waals surface area contributed by atoms with Gasteiger partial charge in [-0.05, 0) is 30.1 Å². The third-order valence-electron chi connectivity index (χ3n) is 2.41. The Labute approximate surface area is 114 Å². The van der Waals surface area contributed by atoms with Crippen molar-refractivity contribution in [2.24, 2.45) is 0 Å². The first-order valence-electron chi connectivity index (χ1n) is 5.33. The van der Waals surface area contributed by atoms with E-state index in [0.717, 1.165) is 15.8 Å². The van der Waals surface area contributed by atoms with E-state index in [1.807, 2.05) is 30.5 Å². The van der Waals surface area contributed by atoms with Crippen LogP contribution in [0, 0.1) is 0 Å². The van der Waals surface area contributed by atoms with Crippen molar-refractivity contribution in [3.8, 4) is 0 Å². The fraction of sp³-hybridized carbons (Fsp3) is 0.417. The van der Waals surface area contributed by atoms with Gasteiger partial charge in [0.2, 0.25) is 0 Å². The van der Waals surface area contributed by atoms with Crippen molar-refractivity contribution >= 4 is 33.7 Å². The predicted octanol–water partition coefficient (Wildman–Crippen LogP) is 2.75. The first-order chi connectivity index (χ1) is 8.15. The van der Waals surface area contributed by atoms with E-state index in [0.29, 0.717) is 13.0 Å². The number of thioether (sulfide) groups is 1. The fourth-order valence-electron chi connectivity index (χ4n) is 1.42. The number of carbonyl (C=O) groups is 1. The molecule has 0 bridgehead atoms. The maximum Gasteiger partial charge on any atom is 0.320 e. The number of aliphatic carboxylic acids is 1. The van der Waals surface area contributed by atoms with E-state index in [4.69, 9.17) is 5.11 Å². The number of hydrogen-bond donors (Lipinski definition) is 2. The molecule has 0 heterocycles. The third-order valence-corrected chi connectivity index (χ3v) is 3.82. The van der Waals surface area contributed by atoms with Crippen LogP contribution in [0.4, 0.5) is 0 Å². The molecule has 0 aliphatic rings. The van der Waals surface area contributed by atoms with Crippen LogP contribution in [0.3, 0.4) is 0 Å². The quantitative estimate of drug-likeness (QED) is 0.812. The lowest BCUT2D eigenvalue weighted by Crippen LogP contribution is -2.36. The summed E-state index contributed by atoms with van der Waals surface area (Å²) in [6, 6.07) is 7.34. The minimum atomic E-state index is -0.786. The van der Waals surface area contributed by atoms with Crippen molar-refractivity contribution in [2.45, 2.75) is 19.0 Å². The Bertz CT molecular complexity index is 373. The number of halogens is 1. The normalized spacial score (nSPS) is 12.4. The topological polar surface area (TPSA) is 49.3 Å². The summed E-state index contributed by atoms with van der Waals surface area (Å²) in [6.07, 6.45) is 2.62. The number of benzene rings is 1. The molecule has 5 heteroatoms. The van der Waals surface area contributed by atoms with Crippen molar-refractivity contribution in [3.05, 3.63) is 34.3 Å². The zero-order valence-electron chi connectivity index (χ0n) is 9.65. The van der Waals surface area contributed by atoms with Crippen LogP contribution in [0.25, 0.3) is 0 Å². The Hall–Kier alpha value is -0.520. The SMILES string of the molecule is CSCCC(NCc1ccccc1Br)C(=O)O. The van der Waals surface area contributed by atoms with Crippen LogP contribution in [-0.4, -0.2) is 29.1 Å². The molecule has 94 valence electrons. The van der Waals surface area contributed by atoms with Crippen molar-refractivity contribution in [3.63, 3.8) is 0 Å². The molecule has 0 fully saturated rings. The Balaban J connectivity index is 2.52. The fourth-order valence-corrected chi connectivity index (χ4v) is 2.32. The molecule has 3 nitrogen and oxygen atoms in total. The van der Waals surface area contributed by atoms with Crippen LogP contribution in [0.5, 0.6) is 0 Å². The van der Waals surface area contributed by atoms with Crippen molar-refractivity contribution < 1.29 is 9.90 Å². The zero-order valence-corrected chi connectivity index (χ0v) is 12.1. The van der Waals surface area contributed by atoms with E-state index in [1.165, 1.54) is 0 Å². The summed E-state index contributed by atoms with van der Waals surface area (Å²) in [7, 11) is 0. The van der Waals surface area contributed by atoms with Gasteiger partial charge in [-0.3, -0.25) is 4.79 Å². The molecule has 0 aromatic heterocycles. The first kappa shape index (κ1) is 14.5. The highest BCUT2D eigenvalue weighted by Gasteiger charge is 2.16. The highest BCUT2D eigenvalue weighted by molar-refractivity contribution is 9.10. The maximum absolute atomic E-state index is 11.0. The lowest BCUT2D eigenvalue weighted by atomic mass is 10.2. The molecule has 0 saturated carbocycles. The number of rotatable bonds is 7. The Morgan fingerprint density at radius 3 is 2.82 bits per heavy atom. The van der Waals surface area contributed by atoms with Gasteiger partial charge >= 0.3 is 5.97 Å². The van der Waals surface area contributed by atoms with Crippen LogP contribution in [0.1, 0.15) is 12.0 Å². The van der Waals surface area contributed by atoms with E-state index in [-0.39, 0.29) is 0 Å². The maximum atomic E-state index is 11.0. The summed E-state index contributed by atoms with van der Waals surface area (Å²) in [5.74, 6) is 0.0611. The highest BCUT2D eigenvalue weighted by atomic mass is 79.9. The van der Waals surface area contributed by atoms with Crippen LogP contribution < -0.4 is 5.32 Å². The van der Waals surface area contributed by atoms with E-state index in [2.05, 4.69) is 21.2 Å². The Morgan fingerprint density at radius 2 is 2.24 bits per heavy atom. The summed E-state index contributed by atoms with van der Waals surface area (Å²) in [5, 5.41) is 12.1. The van der Waals surface area contributed by atoms with Gasteiger partial charge in [0.1, 0.15) is 6.04 Å². The van der Waals surface area contributed by atoms with Gasteiger partial charge in [0, 0.05) is 11.0 Å². The molecule has 17 heavy (non-hydrogen) atoms. The van der Waals surface area contributed by atoms with Crippen LogP contribution >= 0.6 is 27.7 Å². The lowest BCUT2D eigenvalue weighted by Gasteiger charge is -2.14. The number of carboxylic acid groups (broad SMARTS) is 1. The van der Waals surface area contributed by atoms with Gasteiger partial charge < -0.3 is 10.4 Å². The van der Waals surface area contributed by atoms with E-state index in [1.54, 1.807) is 11.8 Å². The molecule has 0 saturated heterocycles. The summed E-state index contributed by atoms with van der Waals surface area (Å²) in [6.45, 7) is 0.562. The number of nitrogens with one attached hydrogen (secondary N) is 1. The molecule has 1 aromatic rings. The molecule has 2 N–H and O–H groups in total. The van der Waals surface area contributed by atoms with E-state index in [9.17, 15) is 4.79 Å². The summed E-state index contributed by atoms with van der Waals surface area (Å²) in [5.41, 5.74) is 1.07. The van der Waals surface area contributed by atoms with Crippen molar-refractivity contribution in [1.29, 1.82) is 0 Å².